The molecule has 0 aliphatic carbocycles. The van der Waals surface area contributed by atoms with Crippen LogP contribution < -0.4 is 5.73 Å². The summed E-state index contributed by atoms with van der Waals surface area (Å²) in [6.45, 7) is 2.99. The molecule has 1 aromatic heterocycles. The van der Waals surface area contributed by atoms with Crippen LogP contribution in [0.5, 0.6) is 0 Å². The third-order valence-electron chi connectivity index (χ3n) is 2.67. The minimum absolute atomic E-state index is 0.0629. The second-order valence-electron chi connectivity index (χ2n) is 3.78. The Morgan fingerprint density at radius 2 is 2.36 bits per heavy atom. The SMILES string of the molecule is CCC(N)(CO)CCCn1ccnc1. The molecular weight excluding hydrogens is 178 g/mol. The van der Waals surface area contributed by atoms with Gasteiger partial charge in [-0.2, -0.15) is 0 Å². The molecule has 0 aliphatic heterocycles. The van der Waals surface area contributed by atoms with E-state index in [-0.39, 0.29) is 6.61 Å². The molecule has 80 valence electrons. The maximum absolute atomic E-state index is 9.10. The second-order valence-corrected chi connectivity index (χ2v) is 3.78. The van der Waals surface area contributed by atoms with E-state index in [0.717, 1.165) is 25.8 Å². The highest BCUT2D eigenvalue weighted by atomic mass is 16.3. The van der Waals surface area contributed by atoms with E-state index in [1.807, 2.05) is 17.7 Å². The van der Waals surface area contributed by atoms with Crippen LogP contribution in [0.15, 0.2) is 18.7 Å². The van der Waals surface area contributed by atoms with Gasteiger partial charge in [-0.05, 0) is 19.3 Å². The Balaban J connectivity index is 2.27. The molecule has 4 heteroatoms. The van der Waals surface area contributed by atoms with Crippen LogP contribution in [0.3, 0.4) is 0 Å². The molecule has 1 atom stereocenters. The van der Waals surface area contributed by atoms with Crippen molar-refractivity contribution in [3.8, 4) is 0 Å². The second kappa shape index (κ2) is 5.12. The van der Waals surface area contributed by atoms with Crippen molar-refractivity contribution in [3.05, 3.63) is 18.7 Å². The molecular formula is C10H19N3O. The van der Waals surface area contributed by atoms with Gasteiger partial charge in [-0.3, -0.25) is 0 Å². The van der Waals surface area contributed by atoms with Crippen molar-refractivity contribution in [3.63, 3.8) is 0 Å². The van der Waals surface area contributed by atoms with Crippen LogP contribution in [-0.4, -0.2) is 26.8 Å². The fraction of sp³-hybridized carbons (Fsp3) is 0.700. The van der Waals surface area contributed by atoms with Gasteiger partial charge in [0.25, 0.3) is 0 Å². The standard InChI is InChI=1S/C10H19N3O/c1-2-10(11,8-14)4-3-6-13-7-5-12-9-13/h5,7,9,14H,2-4,6,8,11H2,1H3. The van der Waals surface area contributed by atoms with Crippen molar-refractivity contribution in [2.45, 2.75) is 38.3 Å². The molecule has 3 N–H and O–H groups in total. The summed E-state index contributed by atoms with van der Waals surface area (Å²) in [5.74, 6) is 0. The number of aliphatic hydroxyl groups excluding tert-OH is 1. The topological polar surface area (TPSA) is 64.1 Å². The predicted octanol–water partition coefficient (Wildman–Crippen LogP) is 0.763. The summed E-state index contributed by atoms with van der Waals surface area (Å²) in [6.07, 6.45) is 8.13. The number of hydrogen-bond donors (Lipinski definition) is 2. The lowest BCUT2D eigenvalue weighted by molar-refractivity contribution is 0.178. The van der Waals surface area contributed by atoms with Crippen molar-refractivity contribution >= 4 is 0 Å². The average Bonchev–Trinajstić information content (AvgIpc) is 2.70. The van der Waals surface area contributed by atoms with Crippen LogP contribution in [0.4, 0.5) is 0 Å². The van der Waals surface area contributed by atoms with Crippen molar-refractivity contribution in [2.24, 2.45) is 5.73 Å². The molecule has 0 aliphatic rings. The van der Waals surface area contributed by atoms with Gasteiger partial charge in [0.15, 0.2) is 0 Å². The third kappa shape index (κ3) is 3.12. The first-order valence-electron chi connectivity index (χ1n) is 5.06. The number of aryl methyl sites for hydroxylation is 1. The molecule has 0 radical (unpaired) electrons. The van der Waals surface area contributed by atoms with Crippen LogP contribution in [0, 0.1) is 0 Å². The Morgan fingerprint density at radius 1 is 1.57 bits per heavy atom. The minimum atomic E-state index is -0.402. The Bertz CT molecular complexity index is 242. The van der Waals surface area contributed by atoms with Gasteiger partial charge in [0.05, 0.1) is 12.9 Å². The fourth-order valence-electron chi connectivity index (χ4n) is 1.40. The summed E-state index contributed by atoms with van der Waals surface area (Å²) in [6, 6.07) is 0. The number of nitrogens with zero attached hydrogens (tertiary/aromatic N) is 2. The molecule has 0 aromatic carbocycles. The first-order valence-corrected chi connectivity index (χ1v) is 5.06. The number of hydrogen-bond acceptors (Lipinski definition) is 3. The largest absolute Gasteiger partial charge is 0.394 e. The first kappa shape index (κ1) is 11.2. The van der Waals surface area contributed by atoms with Crippen LogP contribution in [0.2, 0.25) is 0 Å². The monoisotopic (exact) mass is 197 g/mol. The van der Waals surface area contributed by atoms with Crippen LogP contribution in [0.25, 0.3) is 0 Å². The fourth-order valence-corrected chi connectivity index (χ4v) is 1.40. The summed E-state index contributed by atoms with van der Waals surface area (Å²) < 4.78 is 2.02. The zero-order valence-electron chi connectivity index (χ0n) is 8.69. The van der Waals surface area contributed by atoms with E-state index in [9.17, 15) is 0 Å². The van der Waals surface area contributed by atoms with Gasteiger partial charge >= 0.3 is 0 Å². The molecule has 0 fully saturated rings. The van der Waals surface area contributed by atoms with Gasteiger partial charge in [-0.1, -0.05) is 6.92 Å². The van der Waals surface area contributed by atoms with Crippen molar-refractivity contribution < 1.29 is 5.11 Å². The molecule has 0 spiro atoms. The number of aromatic nitrogens is 2. The highest BCUT2D eigenvalue weighted by Crippen LogP contribution is 2.13. The van der Waals surface area contributed by atoms with Crippen molar-refractivity contribution in [2.75, 3.05) is 6.61 Å². The van der Waals surface area contributed by atoms with E-state index in [4.69, 9.17) is 10.8 Å². The van der Waals surface area contributed by atoms with Gasteiger partial charge < -0.3 is 15.4 Å². The molecule has 0 bridgehead atoms. The number of aliphatic hydroxyl groups is 1. The maximum atomic E-state index is 9.10. The van der Waals surface area contributed by atoms with Crippen LogP contribution >= 0.6 is 0 Å². The normalized spacial score (nSPS) is 15.4. The number of nitrogens with two attached hydrogens (primary N) is 1. The smallest absolute Gasteiger partial charge is 0.0945 e. The van der Waals surface area contributed by atoms with E-state index in [1.54, 1.807) is 12.5 Å². The zero-order chi connectivity index (χ0) is 10.4. The average molecular weight is 197 g/mol. The Kier molecular flexibility index (Phi) is 4.10. The van der Waals surface area contributed by atoms with Crippen molar-refractivity contribution in [1.82, 2.24) is 9.55 Å². The lowest BCUT2D eigenvalue weighted by atomic mass is 9.93. The van der Waals surface area contributed by atoms with Crippen molar-refractivity contribution in [1.29, 1.82) is 0 Å². The van der Waals surface area contributed by atoms with Gasteiger partial charge in [-0.15, -0.1) is 0 Å². The molecule has 1 aromatic rings. The molecule has 1 heterocycles. The van der Waals surface area contributed by atoms with Gasteiger partial charge in [-0.25, -0.2) is 4.98 Å². The lowest BCUT2D eigenvalue weighted by Crippen LogP contribution is -2.43. The molecule has 4 nitrogen and oxygen atoms in total. The predicted molar refractivity (Wildman–Crippen MR) is 55.8 cm³/mol. The van der Waals surface area contributed by atoms with Gasteiger partial charge in [0.2, 0.25) is 0 Å². The molecule has 1 unspecified atom stereocenters. The summed E-state index contributed by atoms with van der Waals surface area (Å²) in [5, 5.41) is 9.10. The maximum Gasteiger partial charge on any atom is 0.0945 e. The van der Waals surface area contributed by atoms with E-state index in [2.05, 4.69) is 4.98 Å². The minimum Gasteiger partial charge on any atom is -0.394 e. The molecule has 1 rings (SSSR count). The van der Waals surface area contributed by atoms with Crippen LogP contribution in [-0.2, 0) is 6.54 Å². The summed E-state index contributed by atoms with van der Waals surface area (Å²) in [7, 11) is 0. The Morgan fingerprint density at radius 3 is 2.86 bits per heavy atom. The zero-order valence-corrected chi connectivity index (χ0v) is 8.69. The summed E-state index contributed by atoms with van der Waals surface area (Å²) in [4.78, 5) is 3.96. The number of rotatable bonds is 6. The van der Waals surface area contributed by atoms with Gasteiger partial charge in [0.1, 0.15) is 0 Å². The highest BCUT2D eigenvalue weighted by Gasteiger charge is 2.20. The lowest BCUT2D eigenvalue weighted by Gasteiger charge is -2.25. The number of imidazole rings is 1. The van der Waals surface area contributed by atoms with E-state index in [0.29, 0.717) is 0 Å². The first-order chi connectivity index (χ1) is 6.70. The molecule has 0 saturated carbocycles. The quantitative estimate of drug-likeness (QED) is 0.707. The molecule has 0 saturated heterocycles. The van der Waals surface area contributed by atoms with E-state index in [1.165, 1.54) is 0 Å². The molecule has 14 heavy (non-hydrogen) atoms. The Hall–Kier alpha value is -0.870. The highest BCUT2D eigenvalue weighted by molar-refractivity contribution is 4.82. The summed E-state index contributed by atoms with van der Waals surface area (Å²) >= 11 is 0. The van der Waals surface area contributed by atoms with Gasteiger partial charge in [0, 0.05) is 24.5 Å². The van der Waals surface area contributed by atoms with E-state index >= 15 is 0 Å². The van der Waals surface area contributed by atoms with E-state index < -0.39 is 5.54 Å². The summed E-state index contributed by atoms with van der Waals surface area (Å²) in [5.41, 5.74) is 5.56. The third-order valence-corrected chi connectivity index (χ3v) is 2.67. The molecule has 0 amide bonds. The van der Waals surface area contributed by atoms with Crippen LogP contribution in [0.1, 0.15) is 26.2 Å². The Labute approximate surface area is 84.8 Å².